The number of carboxylic acid groups (broad SMARTS) is 1. The first kappa shape index (κ1) is 13.5. The molecule has 0 aliphatic rings. The molecule has 0 saturated heterocycles. The number of hydrogen-bond acceptors (Lipinski definition) is 6. The van der Waals surface area contributed by atoms with E-state index in [2.05, 4.69) is 10.1 Å². The highest BCUT2D eigenvalue weighted by atomic mass is 16.6. The van der Waals surface area contributed by atoms with Crippen molar-refractivity contribution in [3.05, 3.63) is 40.3 Å². The Kier molecular flexibility index (Phi) is 3.60. The van der Waals surface area contributed by atoms with E-state index in [1.54, 1.807) is 10.9 Å². The summed E-state index contributed by atoms with van der Waals surface area (Å²) in [6, 6.07) is 0.898. The first-order valence-electron chi connectivity index (χ1n) is 5.59. The maximum Gasteiger partial charge on any atom is 0.341 e. The molecule has 2 aromatic rings. The molecule has 0 unspecified atom stereocenters. The predicted molar refractivity (Wildman–Crippen MR) is 65.8 cm³/mol. The number of carbonyl (C=O) groups is 1. The van der Waals surface area contributed by atoms with Crippen molar-refractivity contribution in [2.24, 2.45) is 0 Å². The highest BCUT2D eigenvalue weighted by molar-refractivity contribution is 5.91. The molecule has 104 valence electrons. The molecule has 0 bridgehead atoms. The minimum absolute atomic E-state index is 0.223. The van der Waals surface area contributed by atoms with Crippen LogP contribution in [-0.2, 0) is 6.54 Å². The van der Waals surface area contributed by atoms with Crippen molar-refractivity contribution in [1.82, 2.24) is 14.8 Å². The van der Waals surface area contributed by atoms with Crippen LogP contribution in [0.15, 0.2) is 24.7 Å². The van der Waals surface area contributed by atoms with Crippen molar-refractivity contribution in [3.8, 4) is 11.6 Å². The number of carboxylic acids is 1. The van der Waals surface area contributed by atoms with Crippen molar-refractivity contribution in [2.45, 2.75) is 13.5 Å². The summed E-state index contributed by atoms with van der Waals surface area (Å²) < 4.78 is 6.87. The Morgan fingerprint density at radius 1 is 1.55 bits per heavy atom. The SMILES string of the molecule is CCn1cc(Oc2ncc([N+](=O)[O-])cc2C(=O)O)cn1. The zero-order valence-corrected chi connectivity index (χ0v) is 10.4. The third-order valence-electron chi connectivity index (χ3n) is 2.43. The van der Waals surface area contributed by atoms with Crippen LogP contribution in [0, 0.1) is 10.1 Å². The standard InChI is InChI=1S/C11H10N4O5/c1-2-14-6-8(5-13-14)20-10-9(11(16)17)3-7(4-12-10)15(18)19/h3-6H,2H2,1H3,(H,16,17). The molecule has 2 heterocycles. The fourth-order valence-corrected chi connectivity index (χ4v) is 1.46. The monoisotopic (exact) mass is 278 g/mol. The van der Waals surface area contributed by atoms with Gasteiger partial charge in [-0.05, 0) is 6.92 Å². The van der Waals surface area contributed by atoms with E-state index >= 15 is 0 Å². The lowest BCUT2D eigenvalue weighted by Gasteiger charge is -2.04. The number of aryl methyl sites for hydroxylation is 1. The molecular weight excluding hydrogens is 268 g/mol. The van der Waals surface area contributed by atoms with Gasteiger partial charge in [-0.2, -0.15) is 5.10 Å². The molecule has 2 aromatic heterocycles. The van der Waals surface area contributed by atoms with E-state index in [1.807, 2.05) is 6.92 Å². The summed E-state index contributed by atoms with van der Waals surface area (Å²) in [5.41, 5.74) is -0.803. The Morgan fingerprint density at radius 2 is 2.30 bits per heavy atom. The maximum absolute atomic E-state index is 11.1. The highest BCUT2D eigenvalue weighted by Gasteiger charge is 2.19. The Balaban J connectivity index is 2.35. The number of aromatic nitrogens is 3. The highest BCUT2D eigenvalue weighted by Crippen LogP contribution is 2.25. The van der Waals surface area contributed by atoms with Gasteiger partial charge in [-0.1, -0.05) is 0 Å². The molecule has 0 fully saturated rings. The Hall–Kier alpha value is -2.97. The smallest absolute Gasteiger partial charge is 0.341 e. The second-order valence-corrected chi connectivity index (χ2v) is 3.74. The summed E-state index contributed by atoms with van der Waals surface area (Å²) in [5, 5.41) is 23.6. The summed E-state index contributed by atoms with van der Waals surface area (Å²) in [6.07, 6.45) is 3.90. The van der Waals surface area contributed by atoms with Gasteiger partial charge in [0.2, 0.25) is 5.88 Å². The van der Waals surface area contributed by atoms with Crippen LogP contribution in [0.2, 0.25) is 0 Å². The van der Waals surface area contributed by atoms with E-state index in [1.165, 1.54) is 6.20 Å². The molecule has 0 aliphatic heterocycles. The van der Waals surface area contributed by atoms with E-state index in [9.17, 15) is 14.9 Å². The van der Waals surface area contributed by atoms with Gasteiger partial charge >= 0.3 is 5.97 Å². The van der Waals surface area contributed by atoms with Gasteiger partial charge < -0.3 is 9.84 Å². The van der Waals surface area contributed by atoms with E-state index in [-0.39, 0.29) is 11.4 Å². The normalized spacial score (nSPS) is 10.2. The molecule has 1 N–H and O–H groups in total. The Bertz CT molecular complexity index is 667. The van der Waals surface area contributed by atoms with Crippen molar-refractivity contribution in [3.63, 3.8) is 0 Å². The predicted octanol–water partition coefficient (Wildman–Crippen LogP) is 1.70. The lowest BCUT2D eigenvalue weighted by molar-refractivity contribution is -0.385. The lowest BCUT2D eigenvalue weighted by Crippen LogP contribution is -2.03. The van der Waals surface area contributed by atoms with Crippen LogP contribution < -0.4 is 4.74 Å². The van der Waals surface area contributed by atoms with Crippen molar-refractivity contribution in [1.29, 1.82) is 0 Å². The molecule has 9 heteroatoms. The molecule has 0 saturated carbocycles. The van der Waals surface area contributed by atoms with E-state index in [4.69, 9.17) is 9.84 Å². The van der Waals surface area contributed by atoms with Gasteiger partial charge in [0, 0.05) is 12.6 Å². The topological polar surface area (TPSA) is 120 Å². The van der Waals surface area contributed by atoms with E-state index < -0.39 is 16.6 Å². The van der Waals surface area contributed by atoms with Crippen LogP contribution >= 0.6 is 0 Å². The largest absolute Gasteiger partial charge is 0.477 e. The van der Waals surface area contributed by atoms with Crippen LogP contribution in [0.1, 0.15) is 17.3 Å². The molecule has 2 rings (SSSR count). The quantitative estimate of drug-likeness (QED) is 0.652. The summed E-state index contributed by atoms with van der Waals surface area (Å²) in [6.45, 7) is 2.51. The van der Waals surface area contributed by atoms with Crippen LogP contribution in [0.25, 0.3) is 0 Å². The lowest BCUT2D eigenvalue weighted by atomic mass is 10.2. The van der Waals surface area contributed by atoms with Crippen LogP contribution in [0.4, 0.5) is 5.69 Å². The second kappa shape index (κ2) is 5.34. The van der Waals surface area contributed by atoms with Gasteiger partial charge in [0.1, 0.15) is 11.8 Å². The number of rotatable bonds is 5. The van der Waals surface area contributed by atoms with Gasteiger partial charge in [0.15, 0.2) is 5.75 Å². The van der Waals surface area contributed by atoms with Crippen LogP contribution in [0.5, 0.6) is 11.6 Å². The Morgan fingerprint density at radius 3 is 2.85 bits per heavy atom. The third kappa shape index (κ3) is 2.71. The molecule has 0 spiro atoms. The van der Waals surface area contributed by atoms with Gasteiger partial charge in [-0.25, -0.2) is 9.78 Å². The number of nitrogens with zero attached hydrogens (tertiary/aromatic N) is 4. The molecule has 0 atom stereocenters. The number of nitro groups is 1. The summed E-state index contributed by atoms with van der Waals surface area (Å²) in [5.74, 6) is -1.28. The van der Waals surface area contributed by atoms with Crippen molar-refractivity contribution >= 4 is 11.7 Å². The summed E-state index contributed by atoms with van der Waals surface area (Å²) in [4.78, 5) is 24.6. The fourth-order valence-electron chi connectivity index (χ4n) is 1.46. The number of aromatic carboxylic acids is 1. The molecule has 0 radical (unpaired) electrons. The molecule has 0 amide bonds. The van der Waals surface area contributed by atoms with E-state index in [0.717, 1.165) is 12.3 Å². The maximum atomic E-state index is 11.1. The number of pyridine rings is 1. The van der Waals surface area contributed by atoms with Crippen LogP contribution in [-0.4, -0.2) is 30.8 Å². The van der Waals surface area contributed by atoms with E-state index in [0.29, 0.717) is 12.3 Å². The minimum Gasteiger partial charge on any atom is -0.477 e. The van der Waals surface area contributed by atoms with Gasteiger partial charge in [0.25, 0.3) is 5.69 Å². The minimum atomic E-state index is -1.36. The van der Waals surface area contributed by atoms with Gasteiger partial charge in [-0.3, -0.25) is 14.8 Å². The molecule has 20 heavy (non-hydrogen) atoms. The third-order valence-corrected chi connectivity index (χ3v) is 2.43. The average Bonchev–Trinajstić information content (AvgIpc) is 2.86. The first-order valence-corrected chi connectivity index (χ1v) is 5.59. The molecular formula is C11H10N4O5. The van der Waals surface area contributed by atoms with Gasteiger partial charge in [0.05, 0.1) is 17.3 Å². The van der Waals surface area contributed by atoms with Crippen molar-refractivity contribution in [2.75, 3.05) is 0 Å². The Labute approximate surface area is 112 Å². The van der Waals surface area contributed by atoms with Gasteiger partial charge in [-0.15, -0.1) is 0 Å². The molecule has 9 nitrogen and oxygen atoms in total. The summed E-state index contributed by atoms with van der Waals surface area (Å²) >= 11 is 0. The average molecular weight is 278 g/mol. The zero-order chi connectivity index (χ0) is 14.7. The first-order chi connectivity index (χ1) is 9.51. The summed E-state index contributed by atoms with van der Waals surface area (Å²) in [7, 11) is 0. The number of hydrogen-bond donors (Lipinski definition) is 1. The van der Waals surface area contributed by atoms with Crippen molar-refractivity contribution < 1.29 is 19.6 Å². The van der Waals surface area contributed by atoms with Crippen LogP contribution in [0.3, 0.4) is 0 Å². The second-order valence-electron chi connectivity index (χ2n) is 3.74. The fraction of sp³-hybridized carbons (Fsp3) is 0.182. The zero-order valence-electron chi connectivity index (χ0n) is 10.4. The molecule has 0 aliphatic carbocycles. The number of ether oxygens (including phenoxy) is 1. The molecule has 0 aromatic carbocycles.